The molecule has 0 aromatic heterocycles. The van der Waals surface area contributed by atoms with Gasteiger partial charge in [0, 0.05) is 0 Å². The fraction of sp³-hybridized carbons (Fsp3) is 0.625. The van der Waals surface area contributed by atoms with Crippen LogP contribution in [0, 0.1) is 0 Å². The van der Waals surface area contributed by atoms with Crippen molar-refractivity contribution in [3.63, 3.8) is 0 Å². The van der Waals surface area contributed by atoms with Crippen molar-refractivity contribution in [2.24, 2.45) is 5.73 Å². The van der Waals surface area contributed by atoms with E-state index in [-0.39, 0.29) is 6.61 Å². The molecular formula is C8H15NO3. The summed E-state index contributed by atoms with van der Waals surface area (Å²) in [6.07, 6.45) is 1.60. The van der Waals surface area contributed by atoms with Gasteiger partial charge in [-0.15, -0.1) is 6.58 Å². The normalized spacial score (nSPS) is 12.2. The molecule has 0 heterocycles. The van der Waals surface area contributed by atoms with Crippen molar-refractivity contribution in [2.75, 3.05) is 19.8 Å². The van der Waals surface area contributed by atoms with Crippen LogP contribution in [0.5, 0.6) is 0 Å². The summed E-state index contributed by atoms with van der Waals surface area (Å²) in [5.41, 5.74) is 5.41. The lowest BCUT2D eigenvalue weighted by Gasteiger charge is -2.09. The molecule has 0 aliphatic heterocycles. The van der Waals surface area contributed by atoms with Gasteiger partial charge >= 0.3 is 5.97 Å². The van der Waals surface area contributed by atoms with Crippen molar-refractivity contribution >= 4 is 5.97 Å². The van der Waals surface area contributed by atoms with Gasteiger partial charge in [0.05, 0.1) is 19.8 Å². The van der Waals surface area contributed by atoms with Gasteiger partial charge < -0.3 is 15.2 Å². The number of carbonyl (C=O) groups is 1. The van der Waals surface area contributed by atoms with E-state index in [4.69, 9.17) is 10.5 Å². The number of rotatable bonds is 6. The monoisotopic (exact) mass is 173 g/mol. The van der Waals surface area contributed by atoms with E-state index in [1.54, 1.807) is 13.0 Å². The minimum Gasteiger partial charge on any atom is -0.465 e. The molecule has 0 radical (unpaired) electrons. The molecule has 0 spiro atoms. The van der Waals surface area contributed by atoms with Crippen molar-refractivity contribution in [1.82, 2.24) is 0 Å². The van der Waals surface area contributed by atoms with Gasteiger partial charge in [0.2, 0.25) is 0 Å². The van der Waals surface area contributed by atoms with Gasteiger partial charge in [-0.2, -0.15) is 0 Å². The highest BCUT2D eigenvalue weighted by molar-refractivity contribution is 5.75. The second-order valence-electron chi connectivity index (χ2n) is 2.18. The van der Waals surface area contributed by atoms with E-state index in [0.717, 1.165) is 0 Å². The Morgan fingerprint density at radius 2 is 2.42 bits per heavy atom. The SMILES string of the molecule is C=CCOC[C@H](N)C(=O)OCC. The maximum absolute atomic E-state index is 10.9. The summed E-state index contributed by atoms with van der Waals surface area (Å²) in [4.78, 5) is 10.9. The Balaban J connectivity index is 3.49. The van der Waals surface area contributed by atoms with Gasteiger partial charge in [-0.3, -0.25) is 4.79 Å². The molecule has 0 bridgehead atoms. The number of hydrogen-bond acceptors (Lipinski definition) is 4. The molecule has 0 fully saturated rings. The smallest absolute Gasteiger partial charge is 0.325 e. The minimum absolute atomic E-state index is 0.171. The number of nitrogens with two attached hydrogens (primary N) is 1. The van der Waals surface area contributed by atoms with Crippen molar-refractivity contribution in [1.29, 1.82) is 0 Å². The third-order valence-corrected chi connectivity index (χ3v) is 1.12. The Labute approximate surface area is 72.3 Å². The first-order valence-electron chi connectivity index (χ1n) is 3.83. The maximum atomic E-state index is 10.9. The highest BCUT2D eigenvalue weighted by atomic mass is 16.5. The fourth-order valence-electron chi connectivity index (χ4n) is 0.596. The van der Waals surface area contributed by atoms with Gasteiger partial charge in [0.25, 0.3) is 0 Å². The third kappa shape index (κ3) is 4.87. The van der Waals surface area contributed by atoms with E-state index in [9.17, 15) is 4.79 Å². The molecule has 0 saturated carbocycles. The molecule has 0 aliphatic carbocycles. The van der Waals surface area contributed by atoms with Crippen molar-refractivity contribution in [3.8, 4) is 0 Å². The second kappa shape index (κ2) is 6.82. The van der Waals surface area contributed by atoms with Crippen molar-refractivity contribution in [2.45, 2.75) is 13.0 Å². The van der Waals surface area contributed by atoms with E-state index in [2.05, 4.69) is 11.3 Å². The van der Waals surface area contributed by atoms with Crippen LogP contribution >= 0.6 is 0 Å². The van der Waals surface area contributed by atoms with Crippen LogP contribution in [0.1, 0.15) is 6.92 Å². The standard InChI is InChI=1S/C8H15NO3/c1-3-5-11-6-7(9)8(10)12-4-2/h3,7H,1,4-6,9H2,2H3/t7-/m0/s1. The quantitative estimate of drug-likeness (QED) is 0.351. The summed E-state index contributed by atoms with van der Waals surface area (Å²) in [6.45, 7) is 6.10. The predicted octanol–water partition coefficient (Wildman–Crippen LogP) is 0.0794. The lowest BCUT2D eigenvalue weighted by Crippen LogP contribution is -2.36. The predicted molar refractivity (Wildman–Crippen MR) is 45.6 cm³/mol. The first-order valence-corrected chi connectivity index (χ1v) is 3.83. The van der Waals surface area contributed by atoms with E-state index >= 15 is 0 Å². The van der Waals surface area contributed by atoms with Crippen LogP contribution in [-0.4, -0.2) is 31.8 Å². The number of carbonyl (C=O) groups excluding carboxylic acids is 1. The lowest BCUT2D eigenvalue weighted by molar-refractivity contribution is -0.146. The third-order valence-electron chi connectivity index (χ3n) is 1.12. The lowest BCUT2D eigenvalue weighted by atomic mass is 10.3. The summed E-state index contributed by atoms with van der Waals surface area (Å²) in [5, 5.41) is 0. The van der Waals surface area contributed by atoms with Gasteiger partial charge in [-0.05, 0) is 6.92 Å². The molecule has 0 saturated heterocycles. The highest BCUT2D eigenvalue weighted by Gasteiger charge is 2.13. The number of hydrogen-bond donors (Lipinski definition) is 1. The van der Waals surface area contributed by atoms with Crippen LogP contribution in [0.2, 0.25) is 0 Å². The summed E-state index contributed by atoms with van der Waals surface area (Å²) >= 11 is 0. The summed E-state index contributed by atoms with van der Waals surface area (Å²) in [5.74, 6) is -0.429. The van der Waals surface area contributed by atoms with E-state index in [1.165, 1.54) is 0 Å². The van der Waals surface area contributed by atoms with Gasteiger partial charge in [-0.25, -0.2) is 0 Å². The highest BCUT2D eigenvalue weighted by Crippen LogP contribution is 1.87. The van der Waals surface area contributed by atoms with Crippen LogP contribution in [0.15, 0.2) is 12.7 Å². The van der Waals surface area contributed by atoms with Gasteiger partial charge in [0.1, 0.15) is 6.04 Å². The van der Waals surface area contributed by atoms with Crippen molar-refractivity contribution < 1.29 is 14.3 Å². The molecule has 0 amide bonds. The molecule has 2 N–H and O–H groups in total. The molecule has 0 aromatic rings. The average molecular weight is 173 g/mol. The van der Waals surface area contributed by atoms with Crippen LogP contribution in [0.25, 0.3) is 0 Å². The molecule has 0 rings (SSSR count). The van der Waals surface area contributed by atoms with Crippen LogP contribution < -0.4 is 5.73 Å². The molecular weight excluding hydrogens is 158 g/mol. The largest absolute Gasteiger partial charge is 0.465 e. The summed E-state index contributed by atoms with van der Waals surface area (Å²) in [7, 11) is 0. The first kappa shape index (κ1) is 11.1. The zero-order valence-corrected chi connectivity index (χ0v) is 7.29. The Morgan fingerprint density at radius 3 is 2.92 bits per heavy atom. The molecule has 1 atom stereocenters. The molecule has 0 aliphatic rings. The van der Waals surface area contributed by atoms with Crippen LogP contribution in [-0.2, 0) is 14.3 Å². The van der Waals surface area contributed by atoms with Crippen LogP contribution in [0.3, 0.4) is 0 Å². The van der Waals surface area contributed by atoms with Crippen LogP contribution in [0.4, 0.5) is 0 Å². The minimum atomic E-state index is -0.690. The molecule has 0 aromatic carbocycles. The van der Waals surface area contributed by atoms with Gasteiger partial charge in [-0.1, -0.05) is 6.08 Å². The second-order valence-corrected chi connectivity index (χ2v) is 2.18. The Kier molecular flexibility index (Phi) is 6.32. The molecule has 12 heavy (non-hydrogen) atoms. The molecule has 70 valence electrons. The molecule has 4 heteroatoms. The Morgan fingerprint density at radius 1 is 1.75 bits per heavy atom. The maximum Gasteiger partial charge on any atom is 0.325 e. The van der Waals surface area contributed by atoms with Crippen molar-refractivity contribution in [3.05, 3.63) is 12.7 Å². The number of ether oxygens (including phenoxy) is 2. The van der Waals surface area contributed by atoms with Gasteiger partial charge in [0.15, 0.2) is 0 Å². The van der Waals surface area contributed by atoms with E-state index in [0.29, 0.717) is 13.2 Å². The number of esters is 1. The Hall–Kier alpha value is -0.870. The topological polar surface area (TPSA) is 61.5 Å². The molecule has 0 unspecified atom stereocenters. The van der Waals surface area contributed by atoms with E-state index in [1.807, 2.05) is 0 Å². The zero-order valence-electron chi connectivity index (χ0n) is 7.29. The molecule has 4 nitrogen and oxygen atoms in total. The van der Waals surface area contributed by atoms with E-state index < -0.39 is 12.0 Å². The first-order chi connectivity index (χ1) is 5.72. The summed E-state index contributed by atoms with van der Waals surface area (Å²) < 4.78 is 9.63. The fourth-order valence-corrected chi connectivity index (χ4v) is 0.596. The average Bonchev–Trinajstić information content (AvgIpc) is 2.05. The summed E-state index contributed by atoms with van der Waals surface area (Å²) in [6, 6.07) is -0.690. The zero-order chi connectivity index (χ0) is 9.40. The Bertz CT molecular complexity index is 147.